The summed E-state index contributed by atoms with van der Waals surface area (Å²) in [5.74, 6) is -0.290. The molecule has 2 N–H and O–H groups in total. The number of aliphatic carboxylic acids is 1. The SMILES string of the molecule is Cc1cc(-c2ccc(-c3ncc(C(F)(F)F)[nH]3)cn2)ccc1OCC(C)(C)C(=O)O. The maximum Gasteiger partial charge on any atom is 0.432 e. The second-order valence-corrected chi connectivity index (χ2v) is 7.53. The number of ether oxygens (including phenoxy) is 1. The number of carboxylic acid groups (broad SMARTS) is 1. The number of hydrogen-bond donors (Lipinski definition) is 2. The zero-order valence-corrected chi connectivity index (χ0v) is 16.5. The van der Waals surface area contributed by atoms with Crippen molar-refractivity contribution in [1.82, 2.24) is 15.0 Å². The number of rotatable bonds is 6. The van der Waals surface area contributed by atoms with Gasteiger partial charge in [-0.05, 0) is 56.7 Å². The van der Waals surface area contributed by atoms with Gasteiger partial charge in [-0.1, -0.05) is 0 Å². The van der Waals surface area contributed by atoms with E-state index in [-0.39, 0.29) is 12.4 Å². The summed E-state index contributed by atoms with van der Waals surface area (Å²) in [6.07, 6.45) is -2.29. The second kappa shape index (κ2) is 7.81. The zero-order valence-electron chi connectivity index (χ0n) is 16.5. The molecule has 0 aliphatic carbocycles. The summed E-state index contributed by atoms with van der Waals surface area (Å²) < 4.78 is 43.8. The first-order chi connectivity index (χ1) is 14.0. The van der Waals surface area contributed by atoms with Gasteiger partial charge in [0.2, 0.25) is 0 Å². The van der Waals surface area contributed by atoms with Gasteiger partial charge in [-0.15, -0.1) is 0 Å². The lowest BCUT2D eigenvalue weighted by molar-refractivity contribution is -0.148. The third kappa shape index (κ3) is 4.61. The number of H-pyrrole nitrogens is 1. The Kier molecular flexibility index (Phi) is 5.56. The Morgan fingerprint density at radius 2 is 1.80 bits per heavy atom. The van der Waals surface area contributed by atoms with Crippen molar-refractivity contribution in [3.05, 3.63) is 54.0 Å². The molecule has 0 radical (unpaired) electrons. The fraction of sp³-hybridized carbons (Fsp3) is 0.286. The molecule has 0 saturated heterocycles. The predicted octanol–water partition coefficient (Wildman–Crippen LogP) is 4.96. The second-order valence-electron chi connectivity index (χ2n) is 7.53. The van der Waals surface area contributed by atoms with Gasteiger partial charge in [0.25, 0.3) is 0 Å². The van der Waals surface area contributed by atoms with Gasteiger partial charge >= 0.3 is 12.1 Å². The Bertz CT molecular complexity index is 1060. The number of nitrogens with zero attached hydrogens (tertiary/aromatic N) is 2. The minimum absolute atomic E-state index is 0.0263. The summed E-state index contributed by atoms with van der Waals surface area (Å²) in [4.78, 5) is 21.5. The number of aromatic amines is 1. The molecule has 1 aromatic carbocycles. The van der Waals surface area contributed by atoms with Crippen molar-refractivity contribution in [1.29, 1.82) is 0 Å². The van der Waals surface area contributed by atoms with Crippen molar-refractivity contribution in [2.75, 3.05) is 6.61 Å². The topological polar surface area (TPSA) is 88.1 Å². The maximum atomic E-state index is 12.7. The molecule has 0 atom stereocenters. The summed E-state index contributed by atoms with van der Waals surface area (Å²) in [5, 5.41) is 9.18. The van der Waals surface area contributed by atoms with Crippen molar-refractivity contribution >= 4 is 5.97 Å². The van der Waals surface area contributed by atoms with E-state index in [1.165, 1.54) is 6.20 Å². The lowest BCUT2D eigenvalue weighted by Crippen LogP contribution is -2.30. The highest BCUT2D eigenvalue weighted by atomic mass is 19.4. The van der Waals surface area contributed by atoms with Crippen LogP contribution >= 0.6 is 0 Å². The molecule has 158 valence electrons. The van der Waals surface area contributed by atoms with Crippen LogP contribution in [0.3, 0.4) is 0 Å². The van der Waals surface area contributed by atoms with E-state index in [1.54, 1.807) is 38.1 Å². The van der Waals surface area contributed by atoms with Crippen LogP contribution in [0.15, 0.2) is 42.7 Å². The Balaban J connectivity index is 1.76. The minimum atomic E-state index is -4.49. The lowest BCUT2D eigenvalue weighted by atomic mass is 9.95. The van der Waals surface area contributed by atoms with Crippen LogP contribution in [0.2, 0.25) is 0 Å². The summed E-state index contributed by atoms with van der Waals surface area (Å²) in [6.45, 7) is 5.03. The van der Waals surface area contributed by atoms with Crippen molar-refractivity contribution in [3.63, 3.8) is 0 Å². The number of aromatic nitrogens is 3. The van der Waals surface area contributed by atoms with E-state index in [9.17, 15) is 23.1 Å². The molecule has 30 heavy (non-hydrogen) atoms. The number of alkyl halides is 3. The van der Waals surface area contributed by atoms with Gasteiger partial charge in [-0.25, -0.2) is 4.98 Å². The van der Waals surface area contributed by atoms with Crippen LogP contribution in [-0.2, 0) is 11.0 Å². The van der Waals surface area contributed by atoms with Crippen molar-refractivity contribution in [3.8, 4) is 28.4 Å². The van der Waals surface area contributed by atoms with E-state index in [0.29, 0.717) is 17.0 Å². The number of hydrogen-bond acceptors (Lipinski definition) is 4. The summed E-state index contributed by atoms with van der Waals surface area (Å²) in [6, 6.07) is 8.69. The van der Waals surface area contributed by atoms with Gasteiger partial charge in [0, 0.05) is 17.3 Å². The molecule has 0 aliphatic heterocycles. The largest absolute Gasteiger partial charge is 0.492 e. The standard InChI is InChI=1S/C21H20F3N3O3/c1-12-8-13(5-7-16(12)30-11-20(2,3)19(28)29)15-6-4-14(9-25-15)18-26-10-17(27-18)21(22,23)24/h4-10H,11H2,1-3H3,(H,26,27)(H,28,29). The van der Waals surface area contributed by atoms with Gasteiger partial charge in [-0.2, -0.15) is 13.2 Å². The molecule has 0 spiro atoms. The molecule has 0 fully saturated rings. The summed E-state index contributed by atoms with van der Waals surface area (Å²) >= 11 is 0. The highest BCUT2D eigenvalue weighted by Crippen LogP contribution is 2.30. The molecular formula is C21H20F3N3O3. The number of imidazole rings is 1. The minimum Gasteiger partial charge on any atom is -0.492 e. The molecule has 3 aromatic rings. The van der Waals surface area contributed by atoms with Crippen LogP contribution in [0.1, 0.15) is 25.1 Å². The van der Waals surface area contributed by atoms with Crippen molar-refractivity contribution < 1.29 is 27.8 Å². The monoisotopic (exact) mass is 419 g/mol. The van der Waals surface area contributed by atoms with E-state index in [0.717, 1.165) is 17.3 Å². The predicted molar refractivity (Wildman–Crippen MR) is 104 cm³/mol. The molecule has 0 aliphatic rings. The van der Waals surface area contributed by atoms with Crippen LogP contribution in [0.25, 0.3) is 22.6 Å². The Labute approximate surface area is 170 Å². The Hall–Kier alpha value is -3.36. The van der Waals surface area contributed by atoms with Crippen LogP contribution in [0.5, 0.6) is 5.75 Å². The molecule has 2 aromatic heterocycles. The molecule has 3 rings (SSSR count). The van der Waals surface area contributed by atoms with E-state index in [1.807, 2.05) is 13.0 Å². The van der Waals surface area contributed by atoms with Gasteiger partial charge < -0.3 is 14.8 Å². The zero-order chi connectivity index (χ0) is 22.1. The Morgan fingerprint density at radius 1 is 1.10 bits per heavy atom. The van der Waals surface area contributed by atoms with E-state index in [2.05, 4.69) is 15.0 Å². The van der Waals surface area contributed by atoms with Crippen LogP contribution in [0, 0.1) is 12.3 Å². The highest BCUT2D eigenvalue weighted by Gasteiger charge is 2.33. The molecule has 0 saturated carbocycles. The average molecular weight is 419 g/mol. The van der Waals surface area contributed by atoms with E-state index in [4.69, 9.17) is 4.74 Å². The summed E-state index contributed by atoms with van der Waals surface area (Å²) in [7, 11) is 0. The molecule has 9 heteroatoms. The number of pyridine rings is 1. The smallest absolute Gasteiger partial charge is 0.432 e. The first-order valence-electron chi connectivity index (χ1n) is 9.03. The van der Waals surface area contributed by atoms with Gasteiger partial charge in [-0.3, -0.25) is 9.78 Å². The molecule has 6 nitrogen and oxygen atoms in total. The first kappa shape index (κ1) is 21.4. The number of aryl methyl sites for hydroxylation is 1. The third-order valence-corrected chi connectivity index (χ3v) is 4.56. The van der Waals surface area contributed by atoms with Gasteiger partial charge in [0.15, 0.2) is 0 Å². The van der Waals surface area contributed by atoms with Gasteiger partial charge in [0.05, 0.1) is 17.3 Å². The van der Waals surface area contributed by atoms with E-state index < -0.39 is 23.3 Å². The quantitative estimate of drug-likeness (QED) is 0.590. The third-order valence-electron chi connectivity index (χ3n) is 4.56. The molecule has 2 heterocycles. The van der Waals surface area contributed by atoms with Crippen LogP contribution in [-0.4, -0.2) is 32.6 Å². The molecule has 0 unspecified atom stereocenters. The molecule has 0 bridgehead atoms. The first-order valence-corrected chi connectivity index (χ1v) is 9.03. The van der Waals surface area contributed by atoms with Crippen molar-refractivity contribution in [2.45, 2.75) is 26.9 Å². The Morgan fingerprint density at radius 3 is 2.33 bits per heavy atom. The number of halogens is 3. The van der Waals surface area contributed by atoms with Crippen molar-refractivity contribution in [2.24, 2.45) is 5.41 Å². The maximum absolute atomic E-state index is 12.7. The molecule has 0 amide bonds. The average Bonchev–Trinajstić information content (AvgIpc) is 3.18. The van der Waals surface area contributed by atoms with E-state index >= 15 is 0 Å². The number of benzene rings is 1. The van der Waals surface area contributed by atoms with Crippen LogP contribution < -0.4 is 4.74 Å². The highest BCUT2D eigenvalue weighted by molar-refractivity contribution is 5.73. The van der Waals surface area contributed by atoms with Crippen LogP contribution in [0.4, 0.5) is 13.2 Å². The fourth-order valence-corrected chi connectivity index (χ4v) is 2.61. The summed E-state index contributed by atoms with van der Waals surface area (Å²) in [5.41, 5.74) is 0.725. The number of carboxylic acids is 1. The fourth-order valence-electron chi connectivity index (χ4n) is 2.61. The normalized spacial score (nSPS) is 12.1. The number of carbonyl (C=O) groups is 1. The lowest BCUT2D eigenvalue weighted by Gasteiger charge is -2.20. The number of nitrogens with one attached hydrogen (secondary N) is 1. The van der Waals surface area contributed by atoms with Gasteiger partial charge in [0.1, 0.15) is 23.9 Å². The molecular weight excluding hydrogens is 399 g/mol.